The molecule has 7 heteroatoms. The maximum absolute atomic E-state index is 11.7. The van der Waals surface area contributed by atoms with Crippen LogP contribution in [-0.4, -0.2) is 36.9 Å². The molecule has 1 rings (SSSR count). The van der Waals surface area contributed by atoms with Gasteiger partial charge in [0, 0.05) is 24.2 Å². The van der Waals surface area contributed by atoms with E-state index in [-0.39, 0.29) is 11.3 Å². The monoisotopic (exact) mass is 358 g/mol. The fourth-order valence-electron chi connectivity index (χ4n) is 1.59. The van der Waals surface area contributed by atoms with Crippen LogP contribution in [0, 0.1) is 0 Å². The van der Waals surface area contributed by atoms with Crippen molar-refractivity contribution in [3.05, 3.63) is 28.2 Å². The number of hydrogen-bond acceptors (Lipinski definition) is 3. The summed E-state index contributed by atoms with van der Waals surface area (Å²) in [5.74, 6) is -1.10. The number of benzene rings is 1. The number of anilines is 1. The lowest BCUT2D eigenvalue weighted by molar-refractivity contribution is 0.0698. The van der Waals surface area contributed by atoms with Crippen LogP contribution in [0.15, 0.2) is 22.7 Å². The molecule has 0 bridgehead atoms. The topological polar surface area (TPSA) is 87.7 Å². The highest BCUT2D eigenvalue weighted by molar-refractivity contribution is 9.10. The number of hydrogen-bond donors (Lipinski definition) is 3. The van der Waals surface area contributed by atoms with Crippen molar-refractivity contribution in [3.8, 4) is 0 Å². The quantitative estimate of drug-likeness (QED) is 0.623. The van der Waals surface area contributed by atoms with Crippen molar-refractivity contribution in [2.75, 3.05) is 25.1 Å². The van der Waals surface area contributed by atoms with Gasteiger partial charge >= 0.3 is 12.0 Å². The number of carboxylic acid groups (broad SMARTS) is 1. The fourth-order valence-corrected chi connectivity index (χ4v) is 1.95. The molecule has 0 spiro atoms. The lowest BCUT2D eigenvalue weighted by Gasteiger charge is -2.10. The smallest absolute Gasteiger partial charge is 0.337 e. The SMILES string of the molecule is CCCOCCCNC(=O)Nc1ccc(Br)cc1C(=O)O. The number of nitrogens with one attached hydrogen (secondary N) is 2. The molecule has 0 aliphatic carbocycles. The average Bonchev–Trinajstić information content (AvgIpc) is 2.44. The molecule has 1 aromatic carbocycles. The van der Waals surface area contributed by atoms with Crippen LogP contribution in [0.25, 0.3) is 0 Å². The summed E-state index contributed by atoms with van der Waals surface area (Å²) in [6.45, 7) is 3.80. The van der Waals surface area contributed by atoms with Crippen molar-refractivity contribution in [2.24, 2.45) is 0 Å². The molecular formula is C14H19BrN2O4. The minimum Gasteiger partial charge on any atom is -0.478 e. The third-order valence-electron chi connectivity index (χ3n) is 2.56. The van der Waals surface area contributed by atoms with E-state index < -0.39 is 12.0 Å². The first-order valence-electron chi connectivity index (χ1n) is 6.70. The van der Waals surface area contributed by atoms with Gasteiger partial charge in [-0.05, 0) is 31.0 Å². The van der Waals surface area contributed by atoms with E-state index in [2.05, 4.69) is 26.6 Å². The van der Waals surface area contributed by atoms with E-state index in [1.165, 1.54) is 12.1 Å². The molecule has 6 nitrogen and oxygen atoms in total. The second-order valence-electron chi connectivity index (χ2n) is 4.34. The van der Waals surface area contributed by atoms with Crippen molar-refractivity contribution in [1.29, 1.82) is 0 Å². The number of carboxylic acids is 1. The molecule has 0 aromatic heterocycles. The van der Waals surface area contributed by atoms with Gasteiger partial charge in [-0.2, -0.15) is 0 Å². The molecular weight excluding hydrogens is 340 g/mol. The fraction of sp³-hybridized carbons (Fsp3) is 0.429. The Kier molecular flexibility index (Phi) is 7.78. The van der Waals surface area contributed by atoms with E-state index in [4.69, 9.17) is 9.84 Å². The second-order valence-corrected chi connectivity index (χ2v) is 5.26. The highest BCUT2D eigenvalue weighted by Crippen LogP contribution is 2.21. The van der Waals surface area contributed by atoms with Gasteiger partial charge in [-0.15, -0.1) is 0 Å². The first-order chi connectivity index (χ1) is 10.0. The Hall–Kier alpha value is -1.60. The summed E-state index contributed by atoms with van der Waals surface area (Å²) in [5.41, 5.74) is 0.288. The molecule has 116 valence electrons. The van der Waals surface area contributed by atoms with Crippen LogP contribution in [0.1, 0.15) is 30.1 Å². The molecule has 0 atom stereocenters. The van der Waals surface area contributed by atoms with E-state index in [0.29, 0.717) is 30.7 Å². The summed E-state index contributed by atoms with van der Waals surface area (Å²) in [7, 11) is 0. The Morgan fingerprint density at radius 1 is 1.33 bits per heavy atom. The highest BCUT2D eigenvalue weighted by Gasteiger charge is 2.12. The highest BCUT2D eigenvalue weighted by atomic mass is 79.9. The van der Waals surface area contributed by atoms with E-state index in [1.54, 1.807) is 6.07 Å². The Morgan fingerprint density at radius 2 is 2.10 bits per heavy atom. The van der Waals surface area contributed by atoms with Crippen LogP contribution in [-0.2, 0) is 4.74 Å². The van der Waals surface area contributed by atoms with Crippen LogP contribution in [0.5, 0.6) is 0 Å². The van der Waals surface area contributed by atoms with Crippen molar-refractivity contribution in [2.45, 2.75) is 19.8 Å². The summed E-state index contributed by atoms with van der Waals surface area (Å²) in [4.78, 5) is 22.8. The van der Waals surface area contributed by atoms with Crippen molar-refractivity contribution >= 4 is 33.6 Å². The minimum atomic E-state index is -1.10. The van der Waals surface area contributed by atoms with Crippen molar-refractivity contribution in [1.82, 2.24) is 5.32 Å². The molecule has 1 aromatic rings. The predicted molar refractivity (Wildman–Crippen MR) is 83.8 cm³/mol. The van der Waals surface area contributed by atoms with Gasteiger partial charge in [0.2, 0.25) is 0 Å². The van der Waals surface area contributed by atoms with Gasteiger partial charge < -0.3 is 20.5 Å². The Labute approximate surface area is 132 Å². The largest absolute Gasteiger partial charge is 0.478 e. The molecule has 0 heterocycles. The third-order valence-corrected chi connectivity index (χ3v) is 3.05. The molecule has 21 heavy (non-hydrogen) atoms. The number of carbonyl (C=O) groups is 2. The number of carbonyl (C=O) groups excluding carboxylic acids is 1. The van der Waals surface area contributed by atoms with Crippen molar-refractivity contribution in [3.63, 3.8) is 0 Å². The third kappa shape index (κ3) is 6.59. The molecule has 0 saturated carbocycles. The zero-order valence-corrected chi connectivity index (χ0v) is 13.4. The standard InChI is InChI=1S/C14H19BrN2O4/c1-2-7-21-8-3-6-16-14(20)17-12-5-4-10(15)9-11(12)13(18)19/h4-5,9H,2-3,6-8H2,1H3,(H,18,19)(H2,16,17,20). The number of halogens is 1. The molecule has 3 N–H and O–H groups in total. The minimum absolute atomic E-state index is 0.0332. The van der Waals surface area contributed by atoms with E-state index in [1.807, 2.05) is 6.92 Å². The Balaban J connectivity index is 2.43. The van der Waals surface area contributed by atoms with Crippen LogP contribution >= 0.6 is 15.9 Å². The van der Waals surface area contributed by atoms with Crippen LogP contribution in [0.3, 0.4) is 0 Å². The summed E-state index contributed by atoms with van der Waals surface area (Å²) in [5, 5.41) is 14.3. The normalized spacial score (nSPS) is 10.2. The second kappa shape index (κ2) is 9.36. The van der Waals surface area contributed by atoms with Gasteiger partial charge in [-0.1, -0.05) is 22.9 Å². The van der Waals surface area contributed by atoms with Crippen LogP contribution in [0.4, 0.5) is 10.5 Å². The summed E-state index contributed by atoms with van der Waals surface area (Å²) in [6, 6.07) is 4.21. The predicted octanol–water partition coefficient (Wildman–Crippen LogP) is 3.09. The number of urea groups is 1. The molecule has 0 saturated heterocycles. The van der Waals surface area contributed by atoms with Gasteiger partial charge in [0.25, 0.3) is 0 Å². The van der Waals surface area contributed by atoms with Crippen LogP contribution < -0.4 is 10.6 Å². The average molecular weight is 359 g/mol. The zero-order chi connectivity index (χ0) is 15.7. The van der Waals surface area contributed by atoms with Gasteiger partial charge in [-0.3, -0.25) is 0 Å². The maximum atomic E-state index is 11.7. The maximum Gasteiger partial charge on any atom is 0.337 e. The van der Waals surface area contributed by atoms with Crippen molar-refractivity contribution < 1.29 is 19.4 Å². The van der Waals surface area contributed by atoms with Crippen LogP contribution in [0.2, 0.25) is 0 Å². The zero-order valence-electron chi connectivity index (χ0n) is 11.8. The molecule has 0 radical (unpaired) electrons. The lowest BCUT2D eigenvalue weighted by Crippen LogP contribution is -2.30. The summed E-state index contributed by atoms with van der Waals surface area (Å²) in [6.07, 6.45) is 1.68. The Morgan fingerprint density at radius 3 is 2.76 bits per heavy atom. The first-order valence-corrected chi connectivity index (χ1v) is 7.49. The summed E-state index contributed by atoms with van der Waals surface area (Å²) < 4.78 is 5.93. The number of amides is 2. The number of rotatable bonds is 8. The number of aromatic carboxylic acids is 1. The molecule has 0 unspecified atom stereocenters. The van der Waals surface area contributed by atoms with E-state index in [0.717, 1.165) is 6.42 Å². The Bertz CT molecular complexity index is 494. The lowest BCUT2D eigenvalue weighted by atomic mass is 10.2. The van der Waals surface area contributed by atoms with Gasteiger partial charge in [0.05, 0.1) is 11.3 Å². The first kappa shape index (κ1) is 17.5. The summed E-state index contributed by atoms with van der Waals surface area (Å²) >= 11 is 3.20. The van der Waals surface area contributed by atoms with Gasteiger partial charge in [0.15, 0.2) is 0 Å². The van der Waals surface area contributed by atoms with Gasteiger partial charge in [0.1, 0.15) is 0 Å². The molecule has 0 aliphatic rings. The van der Waals surface area contributed by atoms with E-state index >= 15 is 0 Å². The number of ether oxygens (including phenoxy) is 1. The molecule has 0 fully saturated rings. The molecule has 0 aliphatic heterocycles. The van der Waals surface area contributed by atoms with E-state index in [9.17, 15) is 9.59 Å². The van der Waals surface area contributed by atoms with Gasteiger partial charge in [-0.25, -0.2) is 9.59 Å². The molecule has 2 amide bonds.